The molecule has 128 valence electrons. The number of nitrogens with zero attached hydrogens (tertiary/aromatic N) is 1. The third-order valence-corrected chi connectivity index (χ3v) is 5.59. The van der Waals surface area contributed by atoms with E-state index >= 15 is 0 Å². The Morgan fingerprint density at radius 2 is 2.09 bits per heavy atom. The maximum absolute atomic E-state index is 13.7. The standard InChI is InChI=1S/C16H22F2N2O2S/c1-20(10-12-3-4-13(17)9-14(12)18)15(21)19-11-16(23-2)5-7-22-8-6-16/h3-4,9H,5-8,10-11H2,1-2H3,(H,19,21). The van der Waals surface area contributed by atoms with Gasteiger partial charge in [-0.3, -0.25) is 0 Å². The number of carbonyl (C=O) groups excluding carboxylic acids is 1. The molecule has 7 heteroatoms. The van der Waals surface area contributed by atoms with E-state index in [1.807, 2.05) is 6.26 Å². The highest BCUT2D eigenvalue weighted by Gasteiger charge is 2.32. The van der Waals surface area contributed by atoms with Gasteiger partial charge < -0.3 is 15.0 Å². The second-order valence-electron chi connectivity index (χ2n) is 5.75. The first kappa shape index (κ1) is 18.0. The summed E-state index contributed by atoms with van der Waals surface area (Å²) in [6.45, 7) is 2.04. The Hall–Kier alpha value is -1.34. The third-order valence-electron chi connectivity index (χ3n) is 4.17. The SMILES string of the molecule is CSC1(CNC(=O)N(C)Cc2ccc(F)cc2F)CCOCC1. The van der Waals surface area contributed by atoms with Crippen molar-refractivity contribution in [1.29, 1.82) is 0 Å². The predicted octanol–water partition coefficient (Wildman–Crippen LogP) is 3.02. The van der Waals surface area contributed by atoms with E-state index in [2.05, 4.69) is 5.32 Å². The van der Waals surface area contributed by atoms with Gasteiger partial charge in [-0.2, -0.15) is 11.8 Å². The van der Waals surface area contributed by atoms with E-state index in [-0.39, 0.29) is 22.9 Å². The number of amides is 2. The Morgan fingerprint density at radius 1 is 1.39 bits per heavy atom. The number of halogens is 2. The van der Waals surface area contributed by atoms with Crippen LogP contribution in [0.15, 0.2) is 18.2 Å². The van der Waals surface area contributed by atoms with Crippen molar-refractivity contribution in [1.82, 2.24) is 10.2 Å². The van der Waals surface area contributed by atoms with Gasteiger partial charge in [0.1, 0.15) is 11.6 Å². The highest BCUT2D eigenvalue weighted by Crippen LogP contribution is 2.33. The molecule has 0 radical (unpaired) electrons. The van der Waals surface area contributed by atoms with Crippen LogP contribution in [-0.4, -0.2) is 48.7 Å². The van der Waals surface area contributed by atoms with E-state index < -0.39 is 11.6 Å². The van der Waals surface area contributed by atoms with Gasteiger partial charge in [0.05, 0.1) is 0 Å². The van der Waals surface area contributed by atoms with Crippen molar-refractivity contribution in [3.8, 4) is 0 Å². The van der Waals surface area contributed by atoms with E-state index in [0.717, 1.165) is 18.9 Å². The average molecular weight is 344 g/mol. The predicted molar refractivity (Wildman–Crippen MR) is 87.5 cm³/mol. The van der Waals surface area contributed by atoms with Gasteiger partial charge in [0.2, 0.25) is 0 Å². The molecule has 1 N–H and O–H groups in total. The number of benzene rings is 1. The molecule has 1 fully saturated rings. The molecule has 1 saturated heterocycles. The molecular weight excluding hydrogens is 322 g/mol. The summed E-state index contributed by atoms with van der Waals surface area (Å²) in [7, 11) is 1.59. The second-order valence-corrected chi connectivity index (χ2v) is 7.02. The van der Waals surface area contributed by atoms with Crippen LogP contribution in [0, 0.1) is 11.6 Å². The number of urea groups is 1. The minimum absolute atomic E-state index is 0.00409. The molecule has 2 amide bonds. The first-order valence-electron chi connectivity index (χ1n) is 7.51. The van der Waals surface area contributed by atoms with Gasteiger partial charge >= 0.3 is 6.03 Å². The van der Waals surface area contributed by atoms with Crippen molar-refractivity contribution in [3.05, 3.63) is 35.4 Å². The molecule has 0 saturated carbocycles. The lowest BCUT2D eigenvalue weighted by atomic mass is 9.99. The molecule has 0 aromatic heterocycles. The second kappa shape index (κ2) is 7.97. The summed E-state index contributed by atoms with van der Waals surface area (Å²) in [6, 6.07) is 3.10. The molecular formula is C16H22F2N2O2S. The maximum Gasteiger partial charge on any atom is 0.317 e. The van der Waals surface area contributed by atoms with E-state index in [4.69, 9.17) is 4.74 Å². The number of thioether (sulfide) groups is 1. The van der Waals surface area contributed by atoms with Crippen molar-refractivity contribution < 1.29 is 18.3 Å². The Balaban J connectivity index is 1.89. The maximum atomic E-state index is 13.7. The van der Waals surface area contributed by atoms with Crippen LogP contribution >= 0.6 is 11.8 Å². The fourth-order valence-electron chi connectivity index (χ4n) is 2.55. The number of nitrogens with one attached hydrogen (secondary N) is 1. The summed E-state index contributed by atoms with van der Waals surface area (Å²) in [5.41, 5.74) is 0.287. The molecule has 1 aliphatic heterocycles. The number of ether oxygens (including phenoxy) is 1. The third kappa shape index (κ3) is 4.81. The fraction of sp³-hybridized carbons (Fsp3) is 0.562. The normalized spacial score (nSPS) is 16.9. The molecule has 1 aromatic carbocycles. The lowest BCUT2D eigenvalue weighted by Crippen LogP contribution is -2.47. The van der Waals surface area contributed by atoms with Crippen molar-refractivity contribution in [3.63, 3.8) is 0 Å². The van der Waals surface area contributed by atoms with E-state index in [1.54, 1.807) is 18.8 Å². The quantitative estimate of drug-likeness (QED) is 0.893. The van der Waals surface area contributed by atoms with Gasteiger partial charge in [-0.15, -0.1) is 0 Å². The van der Waals surface area contributed by atoms with Gasteiger partial charge in [-0.1, -0.05) is 6.07 Å². The zero-order valence-corrected chi connectivity index (χ0v) is 14.2. The molecule has 1 aromatic rings. The van der Waals surface area contributed by atoms with Crippen molar-refractivity contribution >= 4 is 17.8 Å². The van der Waals surface area contributed by atoms with E-state index in [0.29, 0.717) is 19.8 Å². The molecule has 4 nitrogen and oxygen atoms in total. The Bertz CT molecular complexity index is 551. The molecule has 0 aliphatic carbocycles. The van der Waals surface area contributed by atoms with Crippen LogP contribution in [0.4, 0.5) is 13.6 Å². The molecule has 0 unspecified atom stereocenters. The van der Waals surface area contributed by atoms with Gasteiger partial charge in [-0.05, 0) is 25.2 Å². The molecule has 1 aliphatic rings. The number of rotatable bonds is 5. The van der Waals surface area contributed by atoms with Gasteiger partial charge in [-0.25, -0.2) is 13.6 Å². The number of hydrogen-bond acceptors (Lipinski definition) is 3. The Labute approximate surface area is 139 Å². The number of carbonyl (C=O) groups is 1. The molecule has 1 heterocycles. The van der Waals surface area contributed by atoms with Crippen molar-refractivity contribution in [2.75, 3.05) is 33.1 Å². The highest BCUT2D eigenvalue weighted by molar-refractivity contribution is 8.00. The molecule has 23 heavy (non-hydrogen) atoms. The fourth-order valence-corrected chi connectivity index (χ4v) is 3.34. The Kier molecular flexibility index (Phi) is 6.24. The average Bonchev–Trinajstić information content (AvgIpc) is 2.56. The van der Waals surface area contributed by atoms with Gasteiger partial charge in [0.15, 0.2) is 0 Å². The summed E-state index contributed by atoms with van der Waals surface area (Å²) >= 11 is 1.74. The molecule has 0 bridgehead atoms. The minimum Gasteiger partial charge on any atom is -0.381 e. The first-order chi connectivity index (χ1) is 11.0. The van der Waals surface area contributed by atoms with Gasteiger partial charge in [0, 0.05) is 49.7 Å². The lowest BCUT2D eigenvalue weighted by Gasteiger charge is -2.36. The van der Waals surface area contributed by atoms with Gasteiger partial charge in [0.25, 0.3) is 0 Å². The Morgan fingerprint density at radius 3 is 2.70 bits per heavy atom. The van der Waals surface area contributed by atoms with E-state index in [9.17, 15) is 13.6 Å². The summed E-state index contributed by atoms with van der Waals surface area (Å²) in [4.78, 5) is 13.6. The van der Waals surface area contributed by atoms with Crippen LogP contribution in [0.1, 0.15) is 18.4 Å². The first-order valence-corrected chi connectivity index (χ1v) is 8.74. The van der Waals surface area contributed by atoms with Crippen LogP contribution < -0.4 is 5.32 Å². The summed E-state index contributed by atoms with van der Waals surface area (Å²) in [5, 5.41) is 2.91. The summed E-state index contributed by atoms with van der Waals surface area (Å²) in [5.74, 6) is -1.27. The lowest BCUT2D eigenvalue weighted by molar-refractivity contribution is 0.0773. The van der Waals surface area contributed by atoms with Crippen LogP contribution in [0.2, 0.25) is 0 Å². The van der Waals surface area contributed by atoms with Crippen LogP contribution in [0.3, 0.4) is 0 Å². The monoisotopic (exact) mass is 344 g/mol. The molecule has 0 atom stereocenters. The zero-order chi connectivity index (χ0) is 16.9. The zero-order valence-electron chi connectivity index (χ0n) is 13.4. The number of hydrogen-bond donors (Lipinski definition) is 1. The van der Waals surface area contributed by atoms with Crippen LogP contribution in [0.5, 0.6) is 0 Å². The highest BCUT2D eigenvalue weighted by atomic mass is 32.2. The van der Waals surface area contributed by atoms with Crippen molar-refractivity contribution in [2.24, 2.45) is 0 Å². The van der Waals surface area contributed by atoms with Crippen molar-refractivity contribution in [2.45, 2.75) is 24.1 Å². The topological polar surface area (TPSA) is 41.6 Å². The summed E-state index contributed by atoms with van der Waals surface area (Å²) in [6.07, 6.45) is 3.82. The largest absolute Gasteiger partial charge is 0.381 e. The molecule has 0 spiro atoms. The van der Waals surface area contributed by atoms with E-state index in [1.165, 1.54) is 17.0 Å². The molecule has 2 rings (SSSR count). The van der Waals surface area contributed by atoms with Crippen LogP contribution in [0.25, 0.3) is 0 Å². The summed E-state index contributed by atoms with van der Waals surface area (Å²) < 4.78 is 31.9. The smallest absolute Gasteiger partial charge is 0.317 e. The minimum atomic E-state index is -0.644. The van der Waals surface area contributed by atoms with Crippen LogP contribution in [-0.2, 0) is 11.3 Å².